The molecule has 2 aromatic rings. The van der Waals surface area contributed by atoms with E-state index in [9.17, 15) is 4.79 Å². The maximum absolute atomic E-state index is 12.4. The Morgan fingerprint density at radius 2 is 1.90 bits per heavy atom. The number of aromatic nitrogens is 2. The molecule has 0 aliphatic heterocycles. The fourth-order valence-corrected chi connectivity index (χ4v) is 2.46. The molecular weight excluding hydrogens is 266 g/mol. The molecule has 5 nitrogen and oxygen atoms in total. The van der Waals surface area contributed by atoms with Gasteiger partial charge in [0.1, 0.15) is 11.7 Å². The zero-order valence-corrected chi connectivity index (χ0v) is 11.7. The smallest absolute Gasteiger partial charge is 0.261 e. The van der Waals surface area contributed by atoms with Crippen LogP contribution in [0.4, 0.5) is 5.69 Å². The van der Waals surface area contributed by atoms with E-state index in [0.717, 1.165) is 12.8 Å². The van der Waals surface area contributed by atoms with Crippen molar-refractivity contribution in [1.29, 1.82) is 0 Å². The summed E-state index contributed by atoms with van der Waals surface area (Å²) in [5, 5.41) is 2.82. The zero-order valence-electron chi connectivity index (χ0n) is 11.7. The Hall–Kier alpha value is -2.43. The number of hydrogen-bond donors (Lipinski definition) is 1. The third kappa shape index (κ3) is 3.37. The molecule has 0 radical (unpaired) electrons. The van der Waals surface area contributed by atoms with Gasteiger partial charge in [0.05, 0.1) is 0 Å². The second-order valence-electron chi connectivity index (χ2n) is 5.07. The maximum atomic E-state index is 12.4. The molecule has 2 aromatic heterocycles. The van der Waals surface area contributed by atoms with Crippen molar-refractivity contribution in [1.82, 2.24) is 9.97 Å². The number of rotatable bonds is 4. The van der Waals surface area contributed by atoms with Crippen molar-refractivity contribution in [2.75, 3.05) is 5.32 Å². The zero-order chi connectivity index (χ0) is 14.5. The lowest BCUT2D eigenvalue weighted by atomic mass is 10.2. The molecule has 108 valence electrons. The largest absolute Gasteiger partial charge is 0.474 e. The summed E-state index contributed by atoms with van der Waals surface area (Å²) in [7, 11) is 0. The number of hydrogen-bond acceptors (Lipinski definition) is 4. The van der Waals surface area contributed by atoms with E-state index in [1.54, 1.807) is 42.9 Å². The summed E-state index contributed by atoms with van der Waals surface area (Å²) >= 11 is 0. The summed E-state index contributed by atoms with van der Waals surface area (Å²) < 4.78 is 5.88. The van der Waals surface area contributed by atoms with Crippen molar-refractivity contribution in [3.05, 3.63) is 48.4 Å². The van der Waals surface area contributed by atoms with Crippen LogP contribution in [0.2, 0.25) is 0 Å². The summed E-state index contributed by atoms with van der Waals surface area (Å²) in [5.74, 6) is 0.193. The number of carbonyl (C=O) groups excluding carboxylic acids is 1. The number of pyridine rings is 2. The molecule has 0 bridgehead atoms. The Labute approximate surface area is 123 Å². The molecule has 0 spiro atoms. The Bertz CT molecular complexity index is 610. The molecule has 0 atom stereocenters. The van der Waals surface area contributed by atoms with Crippen LogP contribution in [0.3, 0.4) is 0 Å². The van der Waals surface area contributed by atoms with Crippen LogP contribution in [0.1, 0.15) is 36.0 Å². The lowest BCUT2D eigenvalue weighted by Crippen LogP contribution is -2.18. The van der Waals surface area contributed by atoms with Gasteiger partial charge in [-0.3, -0.25) is 9.78 Å². The lowest BCUT2D eigenvalue weighted by Gasteiger charge is -2.15. The number of anilines is 1. The van der Waals surface area contributed by atoms with E-state index < -0.39 is 0 Å². The van der Waals surface area contributed by atoms with E-state index in [0.29, 0.717) is 17.1 Å². The quantitative estimate of drug-likeness (QED) is 0.936. The maximum Gasteiger partial charge on any atom is 0.261 e. The highest BCUT2D eigenvalue weighted by Gasteiger charge is 2.21. The SMILES string of the molecule is O=C(Nc1ccncc1)c1cccnc1OC1CCCC1. The first-order chi connectivity index (χ1) is 10.3. The molecule has 1 aliphatic carbocycles. The van der Waals surface area contributed by atoms with Crippen LogP contribution in [-0.2, 0) is 0 Å². The molecule has 3 rings (SSSR count). The van der Waals surface area contributed by atoms with E-state index in [-0.39, 0.29) is 12.0 Å². The first kappa shape index (κ1) is 13.5. The Morgan fingerprint density at radius 3 is 2.67 bits per heavy atom. The molecule has 0 saturated heterocycles. The van der Waals surface area contributed by atoms with Gasteiger partial charge >= 0.3 is 0 Å². The van der Waals surface area contributed by atoms with Gasteiger partial charge in [0, 0.05) is 24.3 Å². The number of nitrogens with zero attached hydrogens (tertiary/aromatic N) is 2. The van der Waals surface area contributed by atoms with Crippen molar-refractivity contribution in [3.8, 4) is 5.88 Å². The molecule has 2 heterocycles. The fraction of sp³-hybridized carbons (Fsp3) is 0.312. The van der Waals surface area contributed by atoms with Crippen LogP contribution in [0, 0.1) is 0 Å². The number of ether oxygens (including phenoxy) is 1. The molecule has 1 saturated carbocycles. The highest BCUT2D eigenvalue weighted by Crippen LogP contribution is 2.25. The third-order valence-electron chi connectivity index (χ3n) is 3.53. The van der Waals surface area contributed by atoms with E-state index in [2.05, 4.69) is 15.3 Å². The number of carbonyl (C=O) groups is 1. The van der Waals surface area contributed by atoms with Crippen molar-refractivity contribution in [2.24, 2.45) is 0 Å². The average molecular weight is 283 g/mol. The van der Waals surface area contributed by atoms with Crippen LogP contribution < -0.4 is 10.1 Å². The van der Waals surface area contributed by atoms with Crippen molar-refractivity contribution >= 4 is 11.6 Å². The summed E-state index contributed by atoms with van der Waals surface area (Å²) in [6, 6.07) is 6.95. The lowest BCUT2D eigenvalue weighted by molar-refractivity contribution is 0.101. The van der Waals surface area contributed by atoms with Gasteiger partial charge in [-0.1, -0.05) is 0 Å². The monoisotopic (exact) mass is 283 g/mol. The van der Waals surface area contributed by atoms with E-state index in [1.807, 2.05) is 0 Å². The highest BCUT2D eigenvalue weighted by atomic mass is 16.5. The Morgan fingerprint density at radius 1 is 1.14 bits per heavy atom. The predicted octanol–water partition coefficient (Wildman–Crippen LogP) is 3.05. The van der Waals surface area contributed by atoms with Gasteiger partial charge in [0.2, 0.25) is 5.88 Å². The second-order valence-corrected chi connectivity index (χ2v) is 5.07. The van der Waals surface area contributed by atoms with Crippen molar-refractivity contribution in [2.45, 2.75) is 31.8 Å². The second kappa shape index (κ2) is 6.35. The van der Waals surface area contributed by atoms with E-state index in [4.69, 9.17) is 4.74 Å². The first-order valence-electron chi connectivity index (χ1n) is 7.16. The van der Waals surface area contributed by atoms with Crippen LogP contribution in [-0.4, -0.2) is 22.0 Å². The van der Waals surface area contributed by atoms with Gasteiger partial charge in [-0.2, -0.15) is 0 Å². The fourth-order valence-electron chi connectivity index (χ4n) is 2.46. The molecular formula is C16H17N3O2. The Kier molecular flexibility index (Phi) is 4.09. The molecule has 1 N–H and O–H groups in total. The summed E-state index contributed by atoms with van der Waals surface area (Å²) in [4.78, 5) is 20.5. The first-order valence-corrected chi connectivity index (χ1v) is 7.16. The minimum atomic E-state index is -0.220. The molecule has 21 heavy (non-hydrogen) atoms. The molecule has 5 heteroatoms. The van der Waals surface area contributed by atoms with Crippen molar-refractivity contribution in [3.63, 3.8) is 0 Å². The van der Waals surface area contributed by atoms with Gasteiger partial charge in [0.15, 0.2) is 0 Å². The van der Waals surface area contributed by atoms with Crippen LogP contribution >= 0.6 is 0 Å². The summed E-state index contributed by atoms with van der Waals surface area (Å²) in [6.07, 6.45) is 9.50. The third-order valence-corrected chi connectivity index (χ3v) is 3.53. The minimum absolute atomic E-state index is 0.173. The topological polar surface area (TPSA) is 64.1 Å². The van der Waals surface area contributed by atoms with Crippen molar-refractivity contribution < 1.29 is 9.53 Å². The van der Waals surface area contributed by atoms with Gasteiger partial charge in [-0.15, -0.1) is 0 Å². The molecule has 0 aromatic carbocycles. The average Bonchev–Trinajstić information content (AvgIpc) is 3.02. The normalized spacial score (nSPS) is 14.9. The van der Waals surface area contributed by atoms with Gasteiger partial charge in [-0.05, 0) is 49.9 Å². The number of nitrogens with one attached hydrogen (secondary N) is 1. The van der Waals surface area contributed by atoms with Crippen LogP contribution in [0.15, 0.2) is 42.9 Å². The minimum Gasteiger partial charge on any atom is -0.474 e. The Balaban J connectivity index is 1.76. The summed E-state index contributed by atoms with van der Waals surface area (Å²) in [6.45, 7) is 0. The standard InChI is InChI=1S/C16H17N3O2/c20-15(19-12-7-10-17-11-8-12)14-6-3-9-18-16(14)21-13-4-1-2-5-13/h3,6-11,13H,1-2,4-5H2,(H,17,19,20). The van der Waals surface area contributed by atoms with Crippen LogP contribution in [0.5, 0.6) is 5.88 Å². The highest BCUT2D eigenvalue weighted by molar-refractivity contribution is 6.05. The summed E-state index contributed by atoms with van der Waals surface area (Å²) in [5.41, 5.74) is 1.16. The van der Waals surface area contributed by atoms with E-state index >= 15 is 0 Å². The molecule has 0 unspecified atom stereocenters. The van der Waals surface area contributed by atoms with Gasteiger partial charge in [-0.25, -0.2) is 4.98 Å². The molecule has 1 aliphatic rings. The van der Waals surface area contributed by atoms with Crippen LogP contribution in [0.25, 0.3) is 0 Å². The van der Waals surface area contributed by atoms with Gasteiger partial charge < -0.3 is 10.1 Å². The van der Waals surface area contributed by atoms with Gasteiger partial charge in [0.25, 0.3) is 5.91 Å². The molecule has 1 amide bonds. The molecule has 1 fully saturated rings. The predicted molar refractivity (Wildman–Crippen MR) is 79.3 cm³/mol. The number of amides is 1. The van der Waals surface area contributed by atoms with E-state index in [1.165, 1.54) is 12.8 Å².